The van der Waals surface area contributed by atoms with Gasteiger partial charge >= 0.3 is 0 Å². The van der Waals surface area contributed by atoms with Crippen LogP contribution in [0, 0.1) is 0 Å². The molecular weight excluding hydrogens is 324 g/mol. The fourth-order valence-electron chi connectivity index (χ4n) is 1.86. The molecule has 2 aromatic rings. The lowest BCUT2D eigenvalue weighted by Gasteiger charge is -2.05. The van der Waals surface area contributed by atoms with Crippen molar-refractivity contribution in [3.05, 3.63) is 32.4 Å². The molecule has 0 aliphatic heterocycles. The van der Waals surface area contributed by atoms with Gasteiger partial charge in [0, 0.05) is 40.7 Å². The standard InChI is InChI=1S/C13H19BrN4S/c1-3-12-16-13(4-2)18(17-12)6-5-15-8-11-7-10(14)9-19-11/h7,9,15H,3-6,8H2,1-2H3. The molecule has 2 heterocycles. The average molecular weight is 343 g/mol. The summed E-state index contributed by atoms with van der Waals surface area (Å²) in [6.07, 6.45) is 1.83. The van der Waals surface area contributed by atoms with E-state index >= 15 is 0 Å². The second-order valence-electron chi connectivity index (χ2n) is 4.28. The Hall–Kier alpha value is -0.720. The maximum absolute atomic E-state index is 4.51. The van der Waals surface area contributed by atoms with Gasteiger partial charge in [-0.3, -0.25) is 0 Å². The third-order valence-corrected chi connectivity index (χ3v) is 4.54. The first-order valence-electron chi connectivity index (χ1n) is 6.59. The molecule has 2 aromatic heterocycles. The average Bonchev–Trinajstić information content (AvgIpc) is 3.00. The highest BCUT2D eigenvalue weighted by atomic mass is 79.9. The van der Waals surface area contributed by atoms with E-state index < -0.39 is 0 Å². The lowest BCUT2D eigenvalue weighted by molar-refractivity contribution is 0.534. The summed E-state index contributed by atoms with van der Waals surface area (Å²) in [4.78, 5) is 5.85. The van der Waals surface area contributed by atoms with Crippen LogP contribution in [-0.4, -0.2) is 21.3 Å². The Morgan fingerprint density at radius 1 is 1.37 bits per heavy atom. The van der Waals surface area contributed by atoms with Gasteiger partial charge in [0.1, 0.15) is 5.82 Å². The molecule has 0 atom stereocenters. The zero-order chi connectivity index (χ0) is 13.7. The molecule has 0 aliphatic rings. The van der Waals surface area contributed by atoms with Gasteiger partial charge in [-0.15, -0.1) is 11.3 Å². The molecule has 2 rings (SSSR count). The van der Waals surface area contributed by atoms with Gasteiger partial charge in [-0.2, -0.15) is 5.10 Å². The van der Waals surface area contributed by atoms with Crippen LogP contribution in [0.2, 0.25) is 0 Å². The predicted molar refractivity (Wildman–Crippen MR) is 82.5 cm³/mol. The van der Waals surface area contributed by atoms with Gasteiger partial charge in [0.15, 0.2) is 5.82 Å². The van der Waals surface area contributed by atoms with Gasteiger partial charge in [-0.1, -0.05) is 13.8 Å². The van der Waals surface area contributed by atoms with E-state index in [0.29, 0.717) is 0 Å². The Kier molecular flexibility index (Phi) is 5.54. The van der Waals surface area contributed by atoms with E-state index in [1.54, 1.807) is 11.3 Å². The molecule has 0 bridgehead atoms. The molecule has 104 valence electrons. The van der Waals surface area contributed by atoms with Gasteiger partial charge in [-0.25, -0.2) is 9.67 Å². The lowest BCUT2D eigenvalue weighted by Crippen LogP contribution is -2.20. The van der Waals surface area contributed by atoms with Crippen molar-refractivity contribution in [2.24, 2.45) is 0 Å². The van der Waals surface area contributed by atoms with Crippen molar-refractivity contribution in [3.8, 4) is 0 Å². The SMILES string of the molecule is CCc1nc(CC)n(CCNCc2cc(Br)cs2)n1. The number of halogens is 1. The Bertz CT molecular complexity index is 520. The molecule has 0 aromatic carbocycles. The summed E-state index contributed by atoms with van der Waals surface area (Å²) < 4.78 is 3.18. The van der Waals surface area contributed by atoms with Crippen LogP contribution in [-0.2, 0) is 25.9 Å². The molecule has 6 heteroatoms. The quantitative estimate of drug-likeness (QED) is 0.786. The molecular formula is C13H19BrN4S. The molecule has 0 radical (unpaired) electrons. The van der Waals surface area contributed by atoms with Crippen LogP contribution in [0.25, 0.3) is 0 Å². The third kappa shape index (κ3) is 4.12. The van der Waals surface area contributed by atoms with Crippen LogP contribution in [0.5, 0.6) is 0 Å². The monoisotopic (exact) mass is 342 g/mol. The maximum atomic E-state index is 4.51. The van der Waals surface area contributed by atoms with Crippen LogP contribution >= 0.6 is 27.3 Å². The van der Waals surface area contributed by atoms with E-state index in [1.807, 2.05) is 4.68 Å². The van der Waals surface area contributed by atoms with Crippen molar-refractivity contribution in [3.63, 3.8) is 0 Å². The van der Waals surface area contributed by atoms with Gasteiger partial charge in [0.2, 0.25) is 0 Å². The number of hydrogen-bond acceptors (Lipinski definition) is 4. The fourth-order valence-corrected chi connectivity index (χ4v) is 3.28. The van der Waals surface area contributed by atoms with E-state index in [0.717, 1.165) is 48.6 Å². The molecule has 0 saturated heterocycles. The number of rotatable bonds is 7. The molecule has 0 unspecified atom stereocenters. The highest BCUT2D eigenvalue weighted by Gasteiger charge is 2.06. The molecule has 19 heavy (non-hydrogen) atoms. The number of hydrogen-bond donors (Lipinski definition) is 1. The van der Waals surface area contributed by atoms with Crippen molar-refractivity contribution in [1.82, 2.24) is 20.1 Å². The Labute approximate surface area is 126 Å². The van der Waals surface area contributed by atoms with Crippen LogP contribution in [0.4, 0.5) is 0 Å². The molecule has 0 aliphatic carbocycles. The minimum absolute atomic E-state index is 0.878. The van der Waals surface area contributed by atoms with Crippen LogP contribution in [0.15, 0.2) is 15.9 Å². The van der Waals surface area contributed by atoms with Gasteiger partial charge in [-0.05, 0) is 22.0 Å². The van der Waals surface area contributed by atoms with Gasteiger partial charge in [0.05, 0.1) is 6.54 Å². The minimum atomic E-state index is 0.878. The number of aromatic nitrogens is 3. The van der Waals surface area contributed by atoms with Gasteiger partial charge < -0.3 is 5.32 Å². The summed E-state index contributed by atoms with van der Waals surface area (Å²) in [5.74, 6) is 2.02. The molecule has 1 N–H and O–H groups in total. The van der Waals surface area contributed by atoms with E-state index in [9.17, 15) is 0 Å². The summed E-state index contributed by atoms with van der Waals surface area (Å²) in [5, 5.41) is 10.1. The molecule has 4 nitrogen and oxygen atoms in total. The molecule has 0 amide bonds. The lowest BCUT2D eigenvalue weighted by atomic mass is 10.4. The normalized spacial score (nSPS) is 11.1. The van der Waals surface area contributed by atoms with E-state index in [-0.39, 0.29) is 0 Å². The smallest absolute Gasteiger partial charge is 0.150 e. The Balaban J connectivity index is 1.80. The van der Waals surface area contributed by atoms with Crippen molar-refractivity contribution in [2.45, 2.75) is 39.8 Å². The van der Waals surface area contributed by atoms with Crippen molar-refractivity contribution in [2.75, 3.05) is 6.54 Å². The molecule has 0 fully saturated rings. The Morgan fingerprint density at radius 2 is 2.21 bits per heavy atom. The molecule has 0 spiro atoms. The molecule has 0 saturated carbocycles. The summed E-state index contributed by atoms with van der Waals surface area (Å²) in [7, 11) is 0. The van der Waals surface area contributed by atoms with E-state index in [2.05, 4.69) is 56.6 Å². The predicted octanol–water partition coefficient (Wildman–Crippen LogP) is 3.02. The fraction of sp³-hybridized carbons (Fsp3) is 0.538. The number of nitrogens with one attached hydrogen (secondary N) is 1. The maximum Gasteiger partial charge on any atom is 0.150 e. The third-order valence-electron chi connectivity index (χ3n) is 2.85. The second kappa shape index (κ2) is 7.17. The summed E-state index contributed by atoms with van der Waals surface area (Å²) in [6, 6.07) is 2.15. The number of nitrogens with zero attached hydrogens (tertiary/aromatic N) is 3. The van der Waals surface area contributed by atoms with Crippen LogP contribution in [0.1, 0.15) is 30.4 Å². The number of aryl methyl sites for hydroxylation is 2. The first-order valence-corrected chi connectivity index (χ1v) is 8.26. The summed E-state index contributed by atoms with van der Waals surface area (Å²) in [6.45, 7) is 6.91. The first-order chi connectivity index (χ1) is 9.22. The van der Waals surface area contributed by atoms with Crippen LogP contribution in [0.3, 0.4) is 0 Å². The minimum Gasteiger partial charge on any atom is -0.310 e. The summed E-state index contributed by atoms with van der Waals surface area (Å²) >= 11 is 5.23. The number of thiophene rings is 1. The van der Waals surface area contributed by atoms with E-state index in [4.69, 9.17) is 0 Å². The Morgan fingerprint density at radius 3 is 2.84 bits per heavy atom. The van der Waals surface area contributed by atoms with Crippen molar-refractivity contribution >= 4 is 27.3 Å². The zero-order valence-electron chi connectivity index (χ0n) is 11.3. The first kappa shape index (κ1) is 14.7. The topological polar surface area (TPSA) is 42.7 Å². The van der Waals surface area contributed by atoms with E-state index in [1.165, 1.54) is 4.88 Å². The highest BCUT2D eigenvalue weighted by molar-refractivity contribution is 9.10. The van der Waals surface area contributed by atoms with Crippen molar-refractivity contribution in [1.29, 1.82) is 0 Å². The second-order valence-corrected chi connectivity index (χ2v) is 6.19. The zero-order valence-corrected chi connectivity index (χ0v) is 13.7. The summed E-state index contributed by atoms with van der Waals surface area (Å²) in [5.41, 5.74) is 0. The van der Waals surface area contributed by atoms with Gasteiger partial charge in [0.25, 0.3) is 0 Å². The van der Waals surface area contributed by atoms with Crippen LogP contribution < -0.4 is 5.32 Å². The van der Waals surface area contributed by atoms with Crippen molar-refractivity contribution < 1.29 is 0 Å². The highest BCUT2D eigenvalue weighted by Crippen LogP contribution is 2.19. The largest absolute Gasteiger partial charge is 0.310 e.